The Bertz CT molecular complexity index is 1630. The summed E-state index contributed by atoms with van der Waals surface area (Å²) < 4.78 is 0. The molecule has 0 unspecified atom stereocenters. The summed E-state index contributed by atoms with van der Waals surface area (Å²) in [6.45, 7) is 15.3. The SMILES string of the molecule is CC1CCC(C(=CC2CCC(N(C3CCC(C)CC3)C3CCC(N(C4CCCCC4)C4CCC(N(C5CCC(C)CC5)C5CCC(C=C(C6CCC(C)CC6)C6CCC(C)CC6)CC5)CC4)CC3)CC2)C2CCC(C)CC2)CC1. The molecule has 0 atom stereocenters. The van der Waals surface area contributed by atoms with Gasteiger partial charge in [0.2, 0.25) is 0 Å². The minimum absolute atomic E-state index is 0.843. The van der Waals surface area contributed by atoms with Gasteiger partial charge in [-0.1, -0.05) is 135 Å². The summed E-state index contributed by atoms with van der Waals surface area (Å²) in [7, 11) is 0. The first-order valence-corrected chi connectivity index (χ1v) is 37.3. The summed E-state index contributed by atoms with van der Waals surface area (Å²) in [6, 6.07) is 7.66. The number of allylic oxidation sites excluding steroid dienone is 4. The molecule has 0 N–H and O–H groups in total. The Morgan fingerprint density at radius 3 is 0.608 bits per heavy atom. The summed E-state index contributed by atoms with van der Waals surface area (Å²) in [5, 5.41) is 0. The van der Waals surface area contributed by atoms with E-state index in [0.29, 0.717) is 0 Å². The molecule has 11 aliphatic rings. The van der Waals surface area contributed by atoms with Gasteiger partial charge in [-0.2, -0.15) is 0 Å². The molecule has 0 aromatic rings. The van der Waals surface area contributed by atoms with Crippen molar-refractivity contribution in [3.8, 4) is 0 Å². The van der Waals surface area contributed by atoms with Crippen LogP contribution in [0.5, 0.6) is 0 Å². The average Bonchev–Trinajstić information content (AvgIpc) is 3.49. The van der Waals surface area contributed by atoms with Crippen molar-refractivity contribution in [2.24, 2.45) is 71.0 Å². The van der Waals surface area contributed by atoms with Crippen molar-refractivity contribution < 1.29 is 0 Å². The molecule has 11 rings (SSSR count). The van der Waals surface area contributed by atoms with E-state index in [9.17, 15) is 0 Å². The average molecular weight is 1090 g/mol. The minimum atomic E-state index is 0.843. The Labute approximate surface area is 491 Å². The van der Waals surface area contributed by atoms with Crippen LogP contribution in [-0.4, -0.2) is 69.1 Å². The van der Waals surface area contributed by atoms with E-state index < -0.39 is 0 Å². The molecule has 0 spiro atoms. The molecule has 0 aromatic heterocycles. The fraction of sp³-hybridized carbons (Fsp3) is 0.947. The Kier molecular flexibility index (Phi) is 22.2. The maximum atomic E-state index is 3.36. The second-order valence-electron chi connectivity index (χ2n) is 32.7. The van der Waals surface area contributed by atoms with Crippen molar-refractivity contribution >= 4 is 0 Å². The lowest BCUT2D eigenvalue weighted by Gasteiger charge is -2.54. The predicted octanol–water partition coefficient (Wildman–Crippen LogP) is 21.3. The van der Waals surface area contributed by atoms with E-state index in [1.165, 1.54) is 289 Å². The summed E-state index contributed by atoms with van der Waals surface area (Å²) in [5.41, 5.74) is 3.99. The van der Waals surface area contributed by atoms with Crippen molar-refractivity contribution in [1.29, 1.82) is 0 Å². The Morgan fingerprint density at radius 2 is 0.380 bits per heavy atom. The maximum absolute atomic E-state index is 3.36. The van der Waals surface area contributed by atoms with Crippen molar-refractivity contribution in [2.45, 2.75) is 385 Å². The van der Waals surface area contributed by atoms with Gasteiger partial charge < -0.3 is 0 Å². The molecule has 0 saturated heterocycles. The topological polar surface area (TPSA) is 9.72 Å². The molecular weight excluding hydrogens is 955 g/mol. The lowest BCUT2D eigenvalue weighted by Crippen LogP contribution is -2.58. The molecule has 450 valence electrons. The zero-order valence-electron chi connectivity index (χ0n) is 53.4. The van der Waals surface area contributed by atoms with Gasteiger partial charge in [0.25, 0.3) is 0 Å². The molecule has 0 aromatic carbocycles. The highest BCUT2D eigenvalue weighted by atomic mass is 15.3. The van der Waals surface area contributed by atoms with Gasteiger partial charge in [-0.3, -0.25) is 14.7 Å². The second kappa shape index (κ2) is 29.2. The van der Waals surface area contributed by atoms with E-state index in [-0.39, 0.29) is 0 Å². The number of nitrogens with zero attached hydrogens (tertiary/aromatic N) is 3. The molecule has 0 amide bonds. The van der Waals surface area contributed by atoms with Crippen LogP contribution in [0.2, 0.25) is 0 Å². The maximum Gasteiger partial charge on any atom is 0.0102 e. The van der Waals surface area contributed by atoms with E-state index in [2.05, 4.69) is 68.4 Å². The van der Waals surface area contributed by atoms with Crippen molar-refractivity contribution in [2.75, 3.05) is 0 Å². The number of hydrogen-bond acceptors (Lipinski definition) is 3. The zero-order chi connectivity index (χ0) is 54.2. The van der Waals surface area contributed by atoms with Crippen LogP contribution in [0.4, 0.5) is 0 Å². The first kappa shape index (κ1) is 60.1. The Balaban J connectivity index is 0.735. The van der Waals surface area contributed by atoms with Crippen LogP contribution in [0.1, 0.15) is 330 Å². The van der Waals surface area contributed by atoms with Gasteiger partial charge in [0.15, 0.2) is 0 Å². The van der Waals surface area contributed by atoms with Gasteiger partial charge in [-0.15, -0.1) is 0 Å². The monoisotopic (exact) mass is 1090 g/mol. The van der Waals surface area contributed by atoms with Gasteiger partial charge in [-0.05, 0) is 289 Å². The third kappa shape index (κ3) is 15.7. The molecule has 79 heavy (non-hydrogen) atoms. The fourth-order valence-corrected chi connectivity index (χ4v) is 21.7. The van der Waals surface area contributed by atoms with Gasteiger partial charge in [0.1, 0.15) is 0 Å². The largest absolute Gasteiger partial charge is 0.294 e. The standard InChI is InChI=1S/C76H131N3/c1-54-12-28-62(29-13-54)75(63-30-14-55(2)15-31-63)52-60-24-40-69(41-25-60)78(67-36-20-58(5)21-37-67)73-48-44-71(45-49-73)77(66-10-8-7-9-11-66)72-46-50-74(51-47-72)79(68-38-22-59(6)23-39-68)70-42-26-61(27-43-70)53-76(64-32-16-56(3)17-33-64)65-34-18-57(4)19-35-65/h52-74H,7-51H2,1-6H3. The molecule has 11 fully saturated rings. The number of hydrogen-bond donors (Lipinski definition) is 0. The molecule has 0 radical (unpaired) electrons. The summed E-state index contributed by atoms with van der Waals surface area (Å²) in [5.74, 6) is 11.1. The highest BCUT2D eigenvalue weighted by molar-refractivity contribution is 5.17. The molecule has 0 bridgehead atoms. The third-order valence-electron chi connectivity index (χ3n) is 27.0. The van der Waals surface area contributed by atoms with E-state index >= 15 is 0 Å². The molecule has 0 aliphatic heterocycles. The Morgan fingerprint density at radius 1 is 0.203 bits per heavy atom. The Hall–Kier alpha value is -0.640. The predicted molar refractivity (Wildman–Crippen MR) is 339 cm³/mol. The van der Waals surface area contributed by atoms with Crippen LogP contribution in [0.15, 0.2) is 23.3 Å². The van der Waals surface area contributed by atoms with Gasteiger partial charge in [-0.25, -0.2) is 0 Å². The molecule has 11 saturated carbocycles. The van der Waals surface area contributed by atoms with E-state index in [1.54, 1.807) is 0 Å². The van der Waals surface area contributed by atoms with Gasteiger partial charge in [0.05, 0.1) is 0 Å². The third-order valence-corrected chi connectivity index (χ3v) is 27.0. The van der Waals surface area contributed by atoms with Crippen LogP contribution < -0.4 is 0 Å². The lowest BCUT2D eigenvalue weighted by atomic mass is 9.69. The van der Waals surface area contributed by atoms with Crippen molar-refractivity contribution in [1.82, 2.24) is 14.7 Å². The second-order valence-corrected chi connectivity index (χ2v) is 32.7. The van der Waals surface area contributed by atoms with Gasteiger partial charge >= 0.3 is 0 Å². The van der Waals surface area contributed by atoms with Crippen LogP contribution in [-0.2, 0) is 0 Å². The normalized spacial score (nSPS) is 43.6. The van der Waals surface area contributed by atoms with E-state index in [4.69, 9.17) is 0 Å². The molecule has 3 nitrogen and oxygen atoms in total. The van der Waals surface area contributed by atoms with Gasteiger partial charge in [0, 0.05) is 54.4 Å². The zero-order valence-corrected chi connectivity index (χ0v) is 53.4. The van der Waals surface area contributed by atoms with Crippen LogP contribution >= 0.6 is 0 Å². The van der Waals surface area contributed by atoms with Crippen LogP contribution in [0.25, 0.3) is 0 Å². The van der Waals surface area contributed by atoms with Crippen LogP contribution in [0, 0.1) is 71.0 Å². The number of rotatable bonds is 15. The lowest BCUT2D eigenvalue weighted by molar-refractivity contribution is -0.0360. The quantitative estimate of drug-likeness (QED) is 0.151. The molecular formula is C76H131N3. The fourth-order valence-electron chi connectivity index (χ4n) is 21.7. The van der Waals surface area contributed by atoms with E-state index in [1.807, 2.05) is 11.1 Å². The highest BCUT2D eigenvalue weighted by Crippen LogP contribution is 2.49. The summed E-state index contributed by atoms with van der Waals surface area (Å²) in [6.07, 6.45) is 72.9. The smallest absolute Gasteiger partial charge is 0.0102 e. The minimum Gasteiger partial charge on any atom is -0.294 e. The van der Waals surface area contributed by atoms with Crippen LogP contribution in [0.3, 0.4) is 0 Å². The summed E-state index contributed by atoms with van der Waals surface area (Å²) >= 11 is 0. The molecule has 3 heteroatoms. The van der Waals surface area contributed by atoms with Crippen molar-refractivity contribution in [3.05, 3.63) is 23.3 Å². The molecule has 0 heterocycles. The first-order chi connectivity index (χ1) is 38.6. The van der Waals surface area contributed by atoms with E-state index in [0.717, 1.165) is 125 Å². The first-order valence-electron chi connectivity index (χ1n) is 37.3. The highest BCUT2D eigenvalue weighted by Gasteiger charge is 2.45. The molecule has 11 aliphatic carbocycles. The summed E-state index contributed by atoms with van der Waals surface area (Å²) in [4.78, 5) is 10.0. The van der Waals surface area contributed by atoms with Crippen molar-refractivity contribution in [3.63, 3.8) is 0 Å².